The zero-order chi connectivity index (χ0) is 15.4. The lowest BCUT2D eigenvalue weighted by Crippen LogP contribution is -2.62. The topological polar surface area (TPSA) is 54.5 Å². The number of nitrogens with zero attached hydrogens (tertiary/aromatic N) is 2. The van der Waals surface area contributed by atoms with E-state index in [2.05, 4.69) is 15.2 Å². The van der Waals surface area contributed by atoms with E-state index in [0.29, 0.717) is 12.1 Å². The molecule has 0 aromatic carbocycles. The van der Waals surface area contributed by atoms with Crippen molar-refractivity contribution in [3.05, 3.63) is 23.9 Å². The summed E-state index contributed by atoms with van der Waals surface area (Å²) in [4.78, 5) is 19.2. The van der Waals surface area contributed by atoms with Gasteiger partial charge in [-0.15, -0.1) is 11.8 Å². The molecule has 0 spiro atoms. The summed E-state index contributed by atoms with van der Waals surface area (Å²) < 4.78 is 5.45. The standard InChI is InChI=1S/C16H23N3O2S/c1-22-15-13(4-2-7-17-15)14(20)18-12-16(5-3-6-16)19-8-10-21-11-9-19/h2,4,7H,3,5-6,8-12H2,1H3,(H,18,20). The fourth-order valence-electron chi connectivity index (χ4n) is 3.29. The lowest BCUT2D eigenvalue weighted by atomic mass is 9.75. The number of morpholine rings is 1. The number of carbonyl (C=O) groups is 1. The fourth-order valence-corrected chi connectivity index (χ4v) is 3.84. The number of ether oxygens (including phenoxy) is 1. The second-order valence-electron chi connectivity index (χ2n) is 5.92. The van der Waals surface area contributed by atoms with Crippen LogP contribution in [0.15, 0.2) is 23.4 Å². The molecule has 5 nitrogen and oxygen atoms in total. The van der Waals surface area contributed by atoms with Crippen LogP contribution in [-0.2, 0) is 4.74 Å². The summed E-state index contributed by atoms with van der Waals surface area (Å²) in [6.07, 6.45) is 7.24. The highest BCUT2D eigenvalue weighted by atomic mass is 32.2. The number of thioether (sulfide) groups is 1. The van der Waals surface area contributed by atoms with Gasteiger partial charge in [0.1, 0.15) is 5.03 Å². The normalized spacial score (nSPS) is 21.1. The van der Waals surface area contributed by atoms with E-state index in [4.69, 9.17) is 4.74 Å². The van der Waals surface area contributed by atoms with Crippen molar-refractivity contribution >= 4 is 17.7 Å². The van der Waals surface area contributed by atoms with E-state index in [1.165, 1.54) is 18.2 Å². The molecule has 2 fully saturated rings. The largest absolute Gasteiger partial charge is 0.379 e. The van der Waals surface area contributed by atoms with Crippen LogP contribution in [0.1, 0.15) is 29.6 Å². The lowest BCUT2D eigenvalue weighted by Gasteiger charge is -2.51. The lowest BCUT2D eigenvalue weighted by molar-refractivity contribution is -0.0540. The number of amides is 1. The molecule has 22 heavy (non-hydrogen) atoms. The maximum atomic E-state index is 12.5. The zero-order valence-corrected chi connectivity index (χ0v) is 13.8. The fraction of sp³-hybridized carbons (Fsp3) is 0.625. The molecule has 1 aliphatic heterocycles. The predicted octanol–water partition coefficient (Wildman–Crippen LogP) is 1.79. The van der Waals surface area contributed by atoms with Crippen molar-refractivity contribution in [3.63, 3.8) is 0 Å². The maximum absolute atomic E-state index is 12.5. The van der Waals surface area contributed by atoms with Crippen LogP contribution in [0.3, 0.4) is 0 Å². The third-order valence-corrected chi connectivity index (χ3v) is 5.47. The molecule has 3 rings (SSSR count). The van der Waals surface area contributed by atoms with Crippen molar-refractivity contribution in [1.29, 1.82) is 0 Å². The van der Waals surface area contributed by atoms with Crippen LogP contribution in [-0.4, -0.2) is 60.4 Å². The predicted molar refractivity (Wildman–Crippen MR) is 87.3 cm³/mol. The Labute approximate surface area is 135 Å². The summed E-state index contributed by atoms with van der Waals surface area (Å²) in [6, 6.07) is 3.66. The maximum Gasteiger partial charge on any atom is 0.254 e. The van der Waals surface area contributed by atoms with E-state index in [0.717, 1.165) is 44.2 Å². The Hall–Kier alpha value is -1.11. The molecule has 0 radical (unpaired) electrons. The molecule has 2 aliphatic rings. The molecular formula is C16H23N3O2S. The highest BCUT2D eigenvalue weighted by Gasteiger charge is 2.43. The van der Waals surface area contributed by atoms with Gasteiger partial charge in [-0.2, -0.15) is 0 Å². The zero-order valence-electron chi connectivity index (χ0n) is 13.0. The molecule has 1 aromatic heterocycles. The second-order valence-corrected chi connectivity index (χ2v) is 6.72. The molecule has 0 atom stereocenters. The Kier molecular flexibility index (Phi) is 5.00. The molecule has 1 aliphatic carbocycles. The summed E-state index contributed by atoms with van der Waals surface area (Å²) in [5, 5.41) is 3.93. The summed E-state index contributed by atoms with van der Waals surface area (Å²) in [7, 11) is 0. The highest BCUT2D eigenvalue weighted by Crippen LogP contribution is 2.37. The first-order chi connectivity index (χ1) is 10.7. The minimum Gasteiger partial charge on any atom is -0.379 e. The number of pyridine rings is 1. The molecule has 1 amide bonds. The van der Waals surface area contributed by atoms with Crippen LogP contribution in [0.4, 0.5) is 0 Å². The first kappa shape index (κ1) is 15.8. The van der Waals surface area contributed by atoms with Crippen molar-refractivity contribution in [1.82, 2.24) is 15.2 Å². The molecule has 6 heteroatoms. The van der Waals surface area contributed by atoms with Gasteiger partial charge in [0, 0.05) is 31.4 Å². The molecule has 1 saturated heterocycles. The Morgan fingerprint density at radius 3 is 2.86 bits per heavy atom. The van der Waals surface area contributed by atoms with Crippen LogP contribution in [0.5, 0.6) is 0 Å². The number of rotatable bonds is 5. The smallest absolute Gasteiger partial charge is 0.254 e. The molecular weight excluding hydrogens is 298 g/mol. The second kappa shape index (κ2) is 6.98. The van der Waals surface area contributed by atoms with Crippen LogP contribution in [0, 0.1) is 0 Å². The molecule has 1 aromatic rings. The van der Waals surface area contributed by atoms with Crippen LogP contribution < -0.4 is 5.32 Å². The van der Waals surface area contributed by atoms with E-state index in [-0.39, 0.29) is 11.4 Å². The third-order valence-electron chi connectivity index (χ3n) is 4.75. The SMILES string of the molecule is CSc1ncccc1C(=O)NCC1(N2CCOCC2)CCC1. The van der Waals surface area contributed by atoms with Crippen molar-refractivity contribution < 1.29 is 9.53 Å². The number of hydrogen-bond acceptors (Lipinski definition) is 5. The minimum absolute atomic E-state index is 0.0167. The number of carbonyl (C=O) groups excluding carboxylic acids is 1. The summed E-state index contributed by atoms with van der Waals surface area (Å²) in [5.41, 5.74) is 0.813. The number of hydrogen-bond donors (Lipinski definition) is 1. The van der Waals surface area contributed by atoms with Gasteiger partial charge >= 0.3 is 0 Å². The Bertz CT molecular complexity index is 528. The average molecular weight is 321 g/mol. The van der Waals surface area contributed by atoms with Gasteiger partial charge in [-0.25, -0.2) is 4.98 Å². The number of aromatic nitrogens is 1. The Morgan fingerprint density at radius 1 is 1.45 bits per heavy atom. The van der Waals surface area contributed by atoms with Crippen LogP contribution in [0.25, 0.3) is 0 Å². The van der Waals surface area contributed by atoms with Gasteiger partial charge < -0.3 is 10.1 Å². The van der Waals surface area contributed by atoms with E-state index in [1.54, 1.807) is 6.20 Å². The van der Waals surface area contributed by atoms with E-state index in [9.17, 15) is 4.79 Å². The summed E-state index contributed by atoms with van der Waals surface area (Å²) in [6.45, 7) is 4.26. The molecule has 0 bridgehead atoms. The molecule has 0 unspecified atom stereocenters. The van der Waals surface area contributed by atoms with E-state index >= 15 is 0 Å². The van der Waals surface area contributed by atoms with Crippen molar-refractivity contribution in [3.8, 4) is 0 Å². The molecule has 120 valence electrons. The van der Waals surface area contributed by atoms with Gasteiger partial charge in [-0.05, 0) is 37.7 Å². The van der Waals surface area contributed by atoms with Crippen molar-refractivity contribution in [2.24, 2.45) is 0 Å². The van der Waals surface area contributed by atoms with Crippen molar-refractivity contribution in [2.75, 3.05) is 39.1 Å². The molecule has 1 saturated carbocycles. The molecule has 1 N–H and O–H groups in total. The summed E-state index contributed by atoms with van der Waals surface area (Å²) in [5.74, 6) is -0.0167. The third kappa shape index (κ3) is 3.14. The van der Waals surface area contributed by atoms with Gasteiger partial charge in [0.15, 0.2) is 0 Å². The van der Waals surface area contributed by atoms with Crippen LogP contribution in [0.2, 0.25) is 0 Å². The van der Waals surface area contributed by atoms with E-state index < -0.39 is 0 Å². The Morgan fingerprint density at radius 2 is 2.23 bits per heavy atom. The van der Waals surface area contributed by atoms with Crippen LogP contribution >= 0.6 is 11.8 Å². The van der Waals surface area contributed by atoms with Gasteiger partial charge in [0.2, 0.25) is 0 Å². The van der Waals surface area contributed by atoms with Gasteiger partial charge in [0.05, 0.1) is 18.8 Å². The Balaban J connectivity index is 1.64. The number of nitrogens with one attached hydrogen (secondary N) is 1. The van der Waals surface area contributed by atoms with Gasteiger partial charge in [-0.3, -0.25) is 9.69 Å². The van der Waals surface area contributed by atoms with E-state index in [1.807, 2.05) is 18.4 Å². The van der Waals surface area contributed by atoms with Crippen molar-refractivity contribution in [2.45, 2.75) is 29.8 Å². The first-order valence-corrected chi connectivity index (χ1v) is 9.08. The minimum atomic E-state index is -0.0167. The molecule has 2 heterocycles. The monoisotopic (exact) mass is 321 g/mol. The quantitative estimate of drug-likeness (QED) is 0.838. The highest BCUT2D eigenvalue weighted by molar-refractivity contribution is 7.98. The van der Waals surface area contributed by atoms with Gasteiger partial charge in [0.25, 0.3) is 5.91 Å². The average Bonchev–Trinajstić information content (AvgIpc) is 2.54. The summed E-state index contributed by atoms with van der Waals surface area (Å²) >= 11 is 1.51. The van der Waals surface area contributed by atoms with Gasteiger partial charge in [-0.1, -0.05) is 0 Å². The first-order valence-electron chi connectivity index (χ1n) is 7.85.